The molecule has 1 saturated heterocycles. The molecule has 4 N–H and O–H groups in total. The van der Waals surface area contributed by atoms with Gasteiger partial charge in [0, 0.05) is 20.6 Å². The van der Waals surface area contributed by atoms with Crippen LogP contribution in [0, 0.1) is 17.8 Å². The molecule has 266 valence electrons. The Kier molecular flexibility index (Phi) is 15.5. The largest absolute Gasteiger partial charge is 0.449 e. The molecule has 1 aliphatic rings. The van der Waals surface area contributed by atoms with E-state index in [-0.39, 0.29) is 43.2 Å². The van der Waals surface area contributed by atoms with Gasteiger partial charge in [-0.25, -0.2) is 4.79 Å². The molecule has 0 aromatic heterocycles. The van der Waals surface area contributed by atoms with Gasteiger partial charge in [-0.05, 0) is 36.2 Å². The summed E-state index contributed by atoms with van der Waals surface area (Å²) in [4.78, 5) is 93.9. The number of ketones is 1. The lowest BCUT2D eigenvalue weighted by Gasteiger charge is -2.31. The molecule has 48 heavy (non-hydrogen) atoms. The van der Waals surface area contributed by atoms with E-state index in [0.29, 0.717) is 18.4 Å². The molecule has 0 spiro atoms. The second kappa shape index (κ2) is 18.7. The van der Waals surface area contributed by atoms with Crippen molar-refractivity contribution in [3.05, 3.63) is 35.9 Å². The molecule has 1 fully saturated rings. The van der Waals surface area contributed by atoms with Crippen LogP contribution in [0.2, 0.25) is 0 Å². The van der Waals surface area contributed by atoms with E-state index in [1.54, 1.807) is 65.2 Å². The molecule has 0 saturated carbocycles. The number of likely N-dealkylation sites (tertiary alicyclic amines) is 1. The van der Waals surface area contributed by atoms with Crippen LogP contribution in [0.3, 0.4) is 0 Å². The highest BCUT2D eigenvalue weighted by Crippen LogP contribution is 2.25. The molecule has 0 unspecified atom stereocenters. The summed E-state index contributed by atoms with van der Waals surface area (Å²) in [5, 5.41) is 10.2. The minimum Gasteiger partial charge on any atom is -0.449 e. The standard InChI is InChI=1S/C34H52N6O8/c1-9-13-24(29(42)31(44)35-17-26(41)37-28(32(45)39(7)8)23-14-11-10-12-15-23)36-30(43)25-16-22(6)18-40(25)33(46)27(21(4)5)38-34(47)48-19-20(2)3/h10-12,14-15,20-22,24-25,27-28H,9,13,16-19H2,1-8H3,(H,35,44)(H,36,43)(H,37,41)(H,38,47)/t22-,24-,25-,27-,28-/m0/s1. The van der Waals surface area contributed by atoms with Crippen LogP contribution < -0.4 is 21.3 Å². The number of nitrogens with one attached hydrogen (secondary N) is 4. The summed E-state index contributed by atoms with van der Waals surface area (Å²) in [5.41, 5.74) is 0.549. The molecule has 0 radical (unpaired) electrons. The number of rotatable bonds is 16. The highest BCUT2D eigenvalue weighted by molar-refractivity contribution is 6.38. The van der Waals surface area contributed by atoms with Crippen molar-refractivity contribution in [1.29, 1.82) is 0 Å². The Morgan fingerprint density at radius 1 is 0.958 bits per heavy atom. The van der Waals surface area contributed by atoms with E-state index in [0.717, 1.165) is 0 Å². The molecular weight excluding hydrogens is 620 g/mol. The van der Waals surface area contributed by atoms with Gasteiger partial charge in [0.15, 0.2) is 0 Å². The Bertz CT molecular complexity index is 1300. The van der Waals surface area contributed by atoms with E-state index in [9.17, 15) is 33.6 Å². The van der Waals surface area contributed by atoms with Gasteiger partial charge in [-0.3, -0.25) is 28.8 Å². The number of ether oxygens (including phenoxy) is 1. The maximum atomic E-state index is 13.7. The van der Waals surface area contributed by atoms with Crippen molar-refractivity contribution in [3.63, 3.8) is 0 Å². The Balaban J connectivity index is 2.09. The Morgan fingerprint density at radius 2 is 1.60 bits per heavy atom. The molecule has 0 aliphatic carbocycles. The third kappa shape index (κ3) is 11.6. The third-order valence-electron chi connectivity index (χ3n) is 7.82. The molecule has 1 heterocycles. The quantitative estimate of drug-likeness (QED) is 0.191. The SMILES string of the molecule is CCC[C@H](NC(=O)[C@@H]1C[C@H](C)CN1C(=O)[C@@H](NC(=O)OCC(C)C)C(C)C)C(=O)C(=O)NCC(=O)N[C@H](C(=O)N(C)C)c1ccccc1. The zero-order valence-electron chi connectivity index (χ0n) is 29.3. The van der Waals surface area contributed by atoms with Gasteiger partial charge in [0.05, 0.1) is 19.2 Å². The van der Waals surface area contributed by atoms with Crippen LogP contribution in [0.4, 0.5) is 4.79 Å². The summed E-state index contributed by atoms with van der Waals surface area (Å²) in [6.45, 7) is 10.9. The third-order valence-corrected chi connectivity index (χ3v) is 7.82. The first kappa shape index (κ1) is 39.7. The maximum Gasteiger partial charge on any atom is 0.407 e. The van der Waals surface area contributed by atoms with E-state index >= 15 is 0 Å². The van der Waals surface area contributed by atoms with Gasteiger partial charge in [-0.15, -0.1) is 0 Å². The first-order valence-electron chi connectivity index (χ1n) is 16.5. The molecule has 1 aromatic rings. The summed E-state index contributed by atoms with van der Waals surface area (Å²) < 4.78 is 5.20. The first-order chi connectivity index (χ1) is 22.6. The van der Waals surface area contributed by atoms with E-state index in [1.165, 1.54) is 9.80 Å². The Labute approximate surface area is 283 Å². The number of amides is 6. The maximum absolute atomic E-state index is 13.7. The van der Waals surface area contributed by atoms with Crippen molar-refractivity contribution >= 4 is 41.4 Å². The van der Waals surface area contributed by atoms with Gasteiger partial charge in [0.25, 0.3) is 5.91 Å². The molecule has 1 aliphatic heterocycles. The van der Waals surface area contributed by atoms with Gasteiger partial charge in [-0.2, -0.15) is 0 Å². The molecule has 2 rings (SSSR count). The van der Waals surface area contributed by atoms with Gasteiger partial charge in [0.2, 0.25) is 29.4 Å². The predicted molar refractivity (Wildman–Crippen MR) is 178 cm³/mol. The Morgan fingerprint density at radius 3 is 2.17 bits per heavy atom. The van der Waals surface area contributed by atoms with Crippen LogP contribution >= 0.6 is 0 Å². The van der Waals surface area contributed by atoms with Crippen LogP contribution in [0.1, 0.15) is 72.4 Å². The fourth-order valence-corrected chi connectivity index (χ4v) is 5.28. The zero-order valence-corrected chi connectivity index (χ0v) is 29.3. The van der Waals surface area contributed by atoms with E-state index in [2.05, 4.69) is 21.3 Å². The van der Waals surface area contributed by atoms with Crippen LogP contribution in [-0.4, -0.2) is 103 Å². The molecule has 14 nitrogen and oxygen atoms in total. The van der Waals surface area contributed by atoms with Crippen molar-refractivity contribution in [2.75, 3.05) is 33.8 Å². The summed E-state index contributed by atoms with van der Waals surface area (Å²) in [6.07, 6.45) is 0.203. The van der Waals surface area contributed by atoms with Crippen molar-refractivity contribution in [2.45, 2.75) is 85.0 Å². The van der Waals surface area contributed by atoms with Crippen LogP contribution in [0.25, 0.3) is 0 Å². The normalized spacial score (nSPS) is 17.6. The van der Waals surface area contributed by atoms with Gasteiger partial charge in [0.1, 0.15) is 18.1 Å². The fraction of sp³-hybridized carbons (Fsp3) is 0.618. The number of carbonyl (C=O) groups excluding carboxylic acids is 7. The average Bonchev–Trinajstić information content (AvgIpc) is 3.44. The number of alkyl carbamates (subject to hydrolysis) is 1. The van der Waals surface area contributed by atoms with Crippen molar-refractivity contribution < 1.29 is 38.3 Å². The lowest BCUT2D eigenvalue weighted by Crippen LogP contribution is -2.57. The lowest BCUT2D eigenvalue weighted by molar-refractivity contribution is -0.143. The first-order valence-corrected chi connectivity index (χ1v) is 16.5. The number of carbonyl (C=O) groups is 7. The molecule has 0 bridgehead atoms. The highest BCUT2D eigenvalue weighted by atomic mass is 16.5. The smallest absolute Gasteiger partial charge is 0.407 e. The lowest BCUT2D eigenvalue weighted by atomic mass is 10.0. The highest BCUT2D eigenvalue weighted by Gasteiger charge is 2.42. The number of Topliss-reactive ketones (excluding diaryl/α,β-unsaturated/α-hetero) is 1. The Hall–Kier alpha value is -4.49. The number of nitrogens with zero attached hydrogens (tertiary/aromatic N) is 2. The molecule has 6 amide bonds. The summed E-state index contributed by atoms with van der Waals surface area (Å²) in [5.74, 6) is -4.35. The molecule has 5 atom stereocenters. The van der Waals surface area contributed by atoms with Crippen molar-refractivity contribution in [1.82, 2.24) is 31.1 Å². The fourth-order valence-electron chi connectivity index (χ4n) is 5.28. The second-order valence-electron chi connectivity index (χ2n) is 13.2. The van der Waals surface area contributed by atoms with Crippen LogP contribution in [0.15, 0.2) is 30.3 Å². The number of likely N-dealkylation sites (N-methyl/N-ethyl adjacent to an activating group) is 1. The molecule has 14 heteroatoms. The number of benzene rings is 1. The van der Waals surface area contributed by atoms with Crippen LogP contribution in [-0.2, 0) is 33.5 Å². The minimum absolute atomic E-state index is 0.0355. The summed E-state index contributed by atoms with van der Waals surface area (Å²) in [6, 6.07) is 4.55. The zero-order chi connectivity index (χ0) is 36.1. The summed E-state index contributed by atoms with van der Waals surface area (Å²) in [7, 11) is 3.11. The van der Waals surface area contributed by atoms with Crippen molar-refractivity contribution in [2.24, 2.45) is 17.8 Å². The van der Waals surface area contributed by atoms with E-state index in [1.807, 2.05) is 20.8 Å². The van der Waals surface area contributed by atoms with Gasteiger partial charge >= 0.3 is 6.09 Å². The van der Waals surface area contributed by atoms with Gasteiger partial charge < -0.3 is 35.8 Å². The second-order valence-corrected chi connectivity index (χ2v) is 13.2. The van der Waals surface area contributed by atoms with Crippen LogP contribution in [0.5, 0.6) is 0 Å². The van der Waals surface area contributed by atoms with E-state index < -0.39 is 66.2 Å². The predicted octanol–water partition coefficient (Wildman–Crippen LogP) is 1.55. The molecular formula is C34H52N6O8. The minimum atomic E-state index is -1.20. The summed E-state index contributed by atoms with van der Waals surface area (Å²) >= 11 is 0. The molecule has 1 aromatic carbocycles. The van der Waals surface area contributed by atoms with E-state index in [4.69, 9.17) is 4.74 Å². The average molecular weight is 673 g/mol. The van der Waals surface area contributed by atoms with Gasteiger partial charge in [-0.1, -0.05) is 78.3 Å². The number of hydrogen-bond donors (Lipinski definition) is 4. The number of hydrogen-bond acceptors (Lipinski definition) is 8. The van der Waals surface area contributed by atoms with Crippen molar-refractivity contribution in [3.8, 4) is 0 Å². The monoisotopic (exact) mass is 672 g/mol. The topological polar surface area (TPSA) is 183 Å².